The summed E-state index contributed by atoms with van der Waals surface area (Å²) in [7, 11) is 3.69. The summed E-state index contributed by atoms with van der Waals surface area (Å²) in [6, 6.07) is 5.56. The highest BCUT2D eigenvalue weighted by Crippen LogP contribution is 2.22. The summed E-state index contributed by atoms with van der Waals surface area (Å²) < 4.78 is 5.38. The fraction of sp³-hybridized carbons (Fsp3) is 0.375. The average Bonchev–Trinajstić information content (AvgIpc) is 2.83. The van der Waals surface area contributed by atoms with Crippen LogP contribution in [0.5, 0.6) is 5.75 Å². The highest BCUT2D eigenvalue weighted by Gasteiger charge is 2.11. The van der Waals surface area contributed by atoms with E-state index in [1.165, 1.54) is 0 Å². The van der Waals surface area contributed by atoms with E-state index in [1.54, 1.807) is 31.4 Å². The number of aryl methyl sites for hydroxylation is 1. The Morgan fingerprint density at radius 1 is 1.38 bits per heavy atom. The minimum Gasteiger partial charge on any atom is -0.496 e. The average molecular weight is 304 g/mol. The molecule has 5 heteroatoms. The van der Waals surface area contributed by atoms with Gasteiger partial charge >= 0.3 is 0 Å². The number of ether oxygens (including phenoxy) is 1. The third-order valence-corrected chi connectivity index (χ3v) is 4.05. The largest absolute Gasteiger partial charge is 0.496 e. The predicted octanol–water partition coefficient (Wildman–Crippen LogP) is 3.29. The second kappa shape index (κ2) is 6.83. The fourth-order valence-electron chi connectivity index (χ4n) is 2.23. The summed E-state index contributed by atoms with van der Waals surface area (Å²) in [5, 5.41) is 3.16. The Morgan fingerprint density at radius 2 is 2.14 bits per heavy atom. The van der Waals surface area contributed by atoms with Crippen LogP contribution in [0.15, 0.2) is 23.6 Å². The zero-order valence-electron chi connectivity index (χ0n) is 12.8. The smallest absolute Gasteiger partial charge is 0.159 e. The van der Waals surface area contributed by atoms with Gasteiger partial charge in [-0.3, -0.25) is 9.69 Å². The van der Waals surface area contributed by atoms with Crippen LogP contribution in [-0.4, -0.2) is 29.8 Å². The molecule has 0 unspecified atom stereocenters. The van der Waals surface area contributed by atoms with Gasteiger partial charge in [-0.2, -0.15) is 0 Å². The normalized spacial score (nSPS) is 10.9. The number of Topliss-reactive ketones (excluding diaryl/α,β-unsaturated/α-hetero) is 1. The zero-order chi connectivity index (χ0) is 15.4. The van der Waals surface area contributed by atoms with E-state index in [2.05, 4.69) is 15.3 Å². The van der Waals surface area contributed by atoms with Crippen molar-refractivity contribution in [3.8, 4) is 5.75 Å². The maximum absolute atomic E-state index is 11.5. The predicted molar refractivity (Wildman–Crippen MR) is 85.0 cm³/mol. The van der Waals surface area contributed by atoms with E-state index in [0.717, 1.165) is 28.6 Å². The molecule has 21 heavy (non-hydrogen) atoms. The van der Waals surface area contributed by atoms with Gasteiger partial charge in [-0.1, -0.05) is 0 Å². The molecule has 1 aromatic heterocycles. The number of thiazole rings is 1. The number of methoxy groups -OCH3 is 1. The molecule has 0 bridgehead atoms. The Morgan fingerprint density at radius 3 is 2.71 bits per heavy atom. The number of hydrogen-bond donors (Lipinski definition) is 0. The summed E-state index contributed by atoms with van der Waals surface area (Å²) in [6.45, 7) is 5.07. The molecule has 1 heterocycles. The molecule has 0 fully saturated rings. The van der Waals surface area contributed by atoms with Gasteiger partial charge in [-0.05, 0) is 39.1 Å². The lowest BCUT2D eigenvalue weighted by Crippen LogP contribution is -2.18. The Kier molecular flexibility index (Phi) is 5.09. The van der Waals surface area contributed by atoms with Gasteiger partial charge in [0.1, 0.15) is 5.75 Å². The molecule has 0 aliphatic heterocycles. The molecule has 0 atom stereocenters. The molecule has 0 aliphatic rings. The first-order valence-corrected chi connectivity index (χ1v) is 7.65. The first kappa shape index (κ1) is 15.7. The second-order valence-corrected chi connectivity index (χ2v) is 6.18. The van der Waals surface area contributed by atoms with Crippen LogP contribution in [0.25, 0.3) is 0 Å². The van der Waals surface area contributed by atoms with Crippen LogP contribution in [0.1, 0.15) is 33.5 Å². The topological polar surface area (TPSA) is 42.4 Å². The van der Waals surface area contributed by atoms with E-state index in [0.29, 0.717) is 12.1 Å². The maximum atomic E-state index is 11.5. The molecule has 0 saturated carbocycles. The van der Waals surface area contributed by atoms with Gasteiger partial charge in [0.15, 0.2) is 5.78 Å². The molecule has 0 N–H and O–H groups in total. The van der Waals surface area contributed by atoms with Crippen molar-refractivity contribution in [3.05, 3.63) is 45.4 Å². The van der Waals surface area contributed by atoms with E-state index >= 15 is 0 Å². The van der Waals surface area contributed by atoms with Gasteiger partial charge in [0.25, 0.3) is 0 Å². The fourth-order valence-corrected chi connectivity index (χ4v) is 2.83. The van der Waals surface area contributed by atoms with Crippen molar-refractivity contribution in [3.63, 3.8) is 0 Å². The van der Waals surface area contributed by atoms with Crippen molar-refractivity contribution in [2.24, 2.45) is 0 Å². The monoisotopic (exact) mass is 304 g/mol. The van der Waals surface area contributed by atoms with Crippen LogP contribution in [0.4, 0.5) is 0 Å². The van der Waals surface area contributed by atoms with Crippen LogP contribution in [0.3, 0.4) is 0 Å². The van der Waals surface area contributed by atoms with E-state index < -0.39 is 0 Å². The van der Waals surface area contributed by atoms with Gasteiger partial charge < -0.3 is 4.74 Å². The maximum Gasteiger partial charge on any atom is 0.159 e. The van der Waals surface area contributed by atoms with Crippen LogP contribution in [0, 0.1) is 6.92 Å². The lowest BCUT2D eigenvalue weighted by atomic mass is 10.1. The zero-order valence-corrected chi connectivity index (χ0v) is 13.7. The molecule has 4 nitrogen and oxygen atoms in total. The Bertz CT molecular complexity index is 637. The lowest BCUT2D eigenvalue weighted by Gasteiger charge is -2.18. The van der Waals surface area contributed by atoms with Gasteiger partial charge in [0.05, 0.1) is 17.8 Å². The first-order chi connectivity index (χ1) is 9.99. The van der Waals surface area contributed by atoms with Crippen molar-refractivity contribution >= 4 is 17.1 Å². The van der Waals surface area contributed by atoms with E-state index in [-0.39, 0.29) is 5.78 Å². The van der Waals surface area contributed by atoms with Gasteiger partial charge in [0, 0.05) is 29.6 Å². The Hall–Kier alpha value is -1.72. The van der Waals surface area contributed by atoms with Crippen LogP contribution in [-0.2, 0) is 13.1 Å². The number of rotatable bonds is 6. The number of carbonyl (C=O) groups is 1. The van der Waals surface area contributed by atoms with E-state index in [1.807, 2.05) is 26.1 Å². The number of aromatic nitrogens is 1. The first-order valence-electron chi connectivity index (χ1n) is 6.77. The van der Waals surface area contributed by atoms with Crippen molar-refractivity contribution in [1.82, 2.24) is 9.88 Å². The summed E-state index contributed by atoms with van der Waals surface area (Å²) in [6.07, 6.45) is 0. The summed E-state index contributed by atoms with van der Waals surface area (Å²) in [4.78, 5) is 18.1. The van der Waals surface area contributed by atoms with Crippen molar-refractivity contribution in [1.29, 1.82) is 0 Å². The molecule has 1 aromatic carbocycles. The standard InChI is InChI=1S/C16H20N2O2S/c1-11(19)13-5-6-16(20-4)14(7-13)8-18(3)9-15-10-21-12(2)17-15/h5-7,10H,8-9H2,1-4H3. The lowest BCUT2D eigenvalue weighted by molar-refractivity contribution is 0.101. The van der Waals surface area contributed by atoms with Crippen molar-refractivity contribution < 1.29 is 9.53 Å². The Labute approximate surface area is 129 Å². The molecule has 2 aromatic rings. The van der Waals surface area contributed by atoms with E-state index in [4.69, 9.17) is 4.74 Å². The number of benzene rings is 1. The summed E-state index contributed by atoms with van der Waals surface area (Å²) in [5.41, 5.74) is 2.80. The third-order valence-electron chi connectivity index (χ3n) is 3.23. The quantitative estimate of drug-likeness (QED) is 0.768. The highest BCUT2D eigenvalue weighted by molar-refractivity contribution is 7.09. The van der Waals surface area contributed by atoms with Gasteiger partial charge in [-0.25, -0.2) is 4.98 Å². The number of hydrogen-bond acceptors (Lipinski definition) is 5. The molecule has 0 aliphatic carbocycles. The molecule has 0 saturated heterocycles. The molecule has 0 radical (unpaired) electrons. The summed E-state index contributed by atoms with van der Waals surface area (Å²) in [5.74, 6) is 0.873. The minimum absolute atomic E-state index is 0.0664. The Balaban J connectivity index is 2.13. The van der Waals surface area contributed by atoms with Crippen molar-refractivity contribution in [2.45, 2.75) is 26.9 Å². The van der Waals surface area contributed by atoms with Crippen molar-refractivity contribution in [2.75, 3.05) is 14.2 Å². The van der Waals surface area contributed by atoms with Gasteiger partial charge in [0.2, 0.25) is 0 Å². The third kappa shape index (κ3) is 4.12. The molecule has 2 rings (SSSR count). The molecule has 0 amide bonds. The highest BCUT2D eigenvalue weighted by atomic mass is 32.1. The number of ketones is 1. The molecule has 112 valence electrons. The number of carbonyl (C=O) groups excluding carboxylic acids is 1. The molecule has 0 spiro atoms. The summed E-state index contributed by atoms with van der Waals surface area (Å²) >= 11 is 1.66. The second-order valence-electron chi connectivity index (χ2n) is 5.11. The van der Waals surface area contributed by atoms with Gasteiger partial charge in [-0.15, -0.1) is 11.3 Å². The SMILES string of the molecule is COc1ccc(C(C)=O)cc1CN(C)Cc1csc(C)n1. The van der Waals surface area contributed by atoms with Crippen LogP contribution < -0.4 is 4.74 Å². The molecular formula is C16H20N2O2S. The van der Waals surface area contributed by atoms with Crippen LogP contribution in [0.2, 0.25) is 0 Å². The van der Waals surface area contributed by atoms with Crippen LogP contribution >= 0.6 is 11.3 Å². The van der Waals surface area contributed by atoms with E-state index in [9.17, 15) is 4.79 Å². The minimum atomic E-state index is 0.0664. The number of nitrogens with zero attached hydrogens (tertiary/aromatic N) is 2. The molecular weight excluding hydrogens is 284 g/mol.